The third kappa shape index (κ3) is 7.15. The highest BCUT2D eigenvalue weighted by molar-refractivity contribution is 7.90. The van der Waals surface area contributed by atoms with Crippen LogP contribution in [0.25, 0.3) is 0 Å². The lowest BCUT2D eigenvalue weighted by Crippen LogP contribution is -2.21. The van der Waals surface area contributed by atoms with Gasteiger partial charge in [-0.1, -0.05) is 36.4 Å². The zero-order valence-corrected chi connectivity index (χ0v) is 15.5. The summed E-state index contributed by atoms with van der Waals surface area (Å²) in [6, 6.07) is 15.7. The molecule has 0 atom stereocenters. The molecule has 0 fully saturated rings. The Morgan fingerprint density at radius 2 is 1.72 bits per heavy atom. The molecule has 6 heteroatoms. The standard InChI is InChI=1S/C19H25NO4S/c1-3-23-19-13-17(14-20-11-12-25(2,21)22)9-10-18(19)24-15-16-7-5-4-6-8-16/h4-10,13,20H,3,11-12,14-15H2,1-2H3. The highest BCUT2D eigenvalue weighted by atomic mass is 32.2. The molecule has 25 heavy (non-hydrogen) atoms. The number of ether oxygens (including phenoxy) is 2. The van der Waals surface area contributed by atoms with Crippen LogP contribution in [0.4, 0.5) is 0 Å². The maximum absolute atomic E-state index is 11.1. The van der Waals surface area contributed by atoms with Gasteiger partial charge in [0.05, 0.1) is 12.4 Å². The third-order valence-electron chi connectivity index (χ3n) is 3.52. The molecule has 0 saturated carbocycles. The second-order valence-electron chi connectivity index (χ2n) is 5.80. The molecule has 0 aliphatic carbocycles. The lowest BCUT2D eigenvalue weighted by atomic mass is 10.2. The van der Waals surface area contributed by atoms with Gasteiger partial charge in [-0.3, -0.25) is 0 Å². The Morgan fingerprint density at radius 3 is 2.40 bits per heavy atom. The normalized spacial score (nSPS) is 11.3. The van der Waals surface area contributed by atoms with Gasteiger partial charge in [0.1, 0.15) is 16.4 Å². The molecule has 0 spiro atoms. The van der Waals surface area contributed by atoms with E-state index in [1.54, 1.807) is 0 Å². The summed E-state index contributed by atoms with van der Waals surface area (Å²) in [5, 5.41) is 3.13. The van der Waals surface area contributed by atoms with Crippen molar-refractivity contribution in [2.24, 2.45) is 0 Å². The Kier molecular flexibility index (Phi) is 7.28. The lowest BCUT2D eigenvalue weighted by molar-refractivity contribution is 0.269. The van der Waals surface area contributed by atoms with Crippen LogP contribution in [0.1, 0.15) is 18.1 Å². The maximum atomic E-state index is 11.1. The molecule has 0 aliphatic rings. The third-order valence-corrected chi connectivity index (χ3v) is 4.47. The van der Waals surface area contributed by atoms with E-state index in [1.165, 1.54) is 6.26 Å². The molecule has 0 bridgehead atoms. The number of benzene rings is 2. The molecule has 2 rings (SSSR count). The Labute approximate surface area is 149 Å². The Morgan fingerprint density at radius 1 is 0.960 bits per heavy atom. The van der Waals surface area contributed by atoms with Crippen molar-refractivity contribution < 1.29 is 17.9 Å². The smallest absolute Gasteiger partial charge is 0.161 e. The van der Waals surface area contributed by atoms with E-state index < -0.39 is 9.84 Å². The first-order valence-electron chi connectivity index (χ1n) is 8.29. The number of sulfone groups is 1. The van der Waals surface area contributed by atoms with Crippen LogP contribution in [0.2, 0.25) is 0 Å². The van der Waals surface area contributed by atoms with Crippen molar-refractivity contribution in [2.75, 3.05) is 25.2 Å². The van der Waals surface area contributed by atoms with Gasteiger partial charge in [-0.05, 0) is 30.2 Å². The monoisotopic (exact) mass is 363 g/mol. The SMILES string of the molecule is CCOc1cc(CNCCS(C)(=O)=O)ccc1OCc1ccccc1. The second-order valence-corrected chi connectivity index (χ2v) is 8.05. The Balaban J connectivity index is 1.96. The van der Waals surface area contributed by atoms with E-state index in [9.17, 15) is 8.42 Å². The van der Waals surface area contributed by atoms with Crippen LogP contribution in [-0.4, -0.2) is 33.6 Å². The molecule has 0 radical (unpaired) electrons. The summed E-state index contributed by atoms with van der Waals surface area (Å²) >= 11 is 0. The fourth-order valence-corrected chi connectivity index (χ4v) is 2.79. The van der Waals surface area contributed by atoms with Crippen molar-refractivity contribution in [2.45, 2.75) is 20.1 Å². The largest absolute Gasteiger partial charge is 0.490 e. The Bertz CT molecular complexity index is 760. The fourth-order valence-electron chi connectivity index (χ4n) is 2.28. The molecule has 0 aliphatic heterocycles. The molecule has 136 valence electrons. The van der Waals surface area contributed by atoms with E-state index in [1.807, 2.05) is 55.5 Å². The van der Waals surface area contributed by atoms with Gasteiger partial charge in [-0.2, -0.15) is 0 Å². The molecule has 0 heterocycles. The Hall–Kier alpha value is -2.05. The van der Waals surface area contributed by atoms with Gasteiger partial charge in [0.25, 0.3) is 0 Å². The van der Waals surface area contributed by atoms with Crippen LogP contribution in [0.15, 0.2) is 48.5 Å². The van der Waals surface area contributed by atoms with Gasteiger partial charge in [0.15, 0.2) is 11.5 Å². The van der Waals surface area contributed by atoms with Crippen molar-refractivity contribution in [3.05, 3.63) is 59.7 Å². The van der Waals surface area contributed by atoms with Crippen LogP contribution in [0, 0.1) is 0 Å². The van der Waals surface area contributed by atoms with E-state index in [4.69, 9.17) is 9.47 Å². The van der Waals surface area contributed by atoms with Gasteiger partial charge in [0, 0.05) is 19.3 Å². The van der Waals surface area contributed by atoms with Crippen LogP contribution in [0.3, 0.4) is 0 Å². The van der Waals surface area contributed by atoms with Crippen molar-refractivity contribution in [1.82, 2.24) is 5.32 Å². The predicted molar refractivity (Wildman–Crippen MR) is 99.8 cm³/mol. The average Bonchev–Trinajstić information content (AvgIpc) is 2.58. The van der Waals surface area contributed by atoms with E-state index in [-0.39, 0.29) is 5.75 Å². The minimum atomic E-state index is -2.94. The second kappa shape index (κ2) is 9.44. The molecule has 1 N–H and O–H groups in total. The first-order valence-corrected chi connectivity index (χ1v) is 10.3. The number of hydrogen-bond donors (Lipinski definition) is 1. The van der Waals surface area contributed by atoms with Crippen molar-refractivity contribution in [3.63, 3.8) is 0 Å². The highest BCUT2D eigenvalue weighted by Crippen LogP contribution is 2.29. The van der Waals surface area contributed by atoms with Crippen molar-refractivity contribution in [3.8, 4) is 11.5 Å². The number of nitrogens with one attached hydrogen (secondary N) is 1. The van der Waals surface area contributed by atoms with Crippen molar-refractivity contribution >= 4 is 9.84 Å². The summed E-state index contributed by atoms with van der Waals surface area (Å²) in [5.41, 5.74) is 2.11. The molecular weight excluding hydrogens is 338 g/mol. The van der Waals surface area contributed by atoms with Gasteiger partial charge >= 0.3 is 0 Å². The summed E-state index contributed by atoms with van der Waals surface area (Å²) < 4.78 is 33.8. The molecule has 0 saturated heterocycles. The minimum Gasteiger partial charge on any atom is -0.490 e. The summed E-state index contributed by atoms with van der Waals surface area (Å²) in [5.74, 6) is 1.52. The van der Waals surface area contributed by atoms with E-state index >= 15 is 0 Å². The molecule has 2 aromatic rings. The zero-order chi connectivity index (χ0) is 18.1. The summed E-state index contributed by atoms with van der Waals surface area (Å²) in [7, 11) is -2.94. The molecule has 5 nitrogen and oxygen atoms in total. The predicted octanol–water partition coefficient (Wildman–Crippen LogP) is 2.80. The molecule has 0 aromatic heterocycles. The van der Waals surface area contributed by atoms with Gasteiger partial charge in [0.2, 0.25) is 0 Å². The molecule has 0 amide bonds. The lowest BCUT2D eigenvalue weighted by Gasteiger charge is -2.14. The maximum Gasteiger partial charge on any atom is 0.161 e. The molecule has 2 aromatic carbocycles. The van der Waals surface area contributed by atoms with Crippen LogP contribution >= 0.6 is 0 Å². The highest BCUT2D eigenvalue weighted by Gasteiger charge is 2.08. The summed E-state index contributed by atoms with van der Waals surface area (Å²) in [4.78, 5) is 0. The topological polar surface area (TPSA) is 64.6 Å². The molecular formula is C19H25NO4S. The van der Waals surface area contributed by atoms with Gasteiger partial charge in [-0.25, -0.2) is 8.42 Å². The van der Waals surface area contributed by atoms with E-state index in [0.717, 1.165) is 11.1 Å². The molecule has 0 unspecified atom stereocenters. The first-order chi connectivity index (χ1) is 12.0. The first kappa shape index (κ1) is 19.3. The number of rotatable bonds is 10. The summed E-state index contributed by atoms with van der Waals surface area (Å²) in [6.45, 7) is 3.96. The van der Waals surface area contributed by atoms with Crippen molar-refractivity contribution in [1.29, 1.82) is 0 Å². The fraction of sp³-hybridized carbons (Fsp3) is 0.368. The quantitative estimate of drug-likeness (QED) is 0.658. The van der Waals surface area contributed by atoms with Gasteiger partial charge < -0.3 is 14.8 Å². The van der Waals surface area contributed by atoms with Crippen LogP contribution in [0.5, 0.6) is 11.5 Å². The van der Waals surface area contributed by atoms with Crippen LogP contribution < -0.4 is 14.8 Å². The van der Waals surface area contributed by atoms with E-state index in [0.29, 0.717) is 37.8 Å². The van der Waals surface area contributed by atoms with E-state index in [2.05, 4.69) is 5.32 Å². The summed E-state index contributed by atoms with van der Waals surface area (Å²) in [6.07, 6.45) is 1.24. The van der Waals surface area contributed by atoms with Crippen LogP contribution in [-0.2, 0) is 23.0 Å². The zero-order valence-electron chi connectivity index (χ0n) is 14.7. The minimum absolute atomic E-state index is 0.129. The number of hydrogen-bond acceptors (Lipinski definition) is 5. The average molecular weight is 363 g/mol. The van der Waals surface area contributed by atoms with Gasteiger partial charge in [-0.15, -0.1) is 0 Å².